The van der Waals surface area contributed by atoms with Crippen molar-refractivity contribution in [2.24, 2.45) is 5.92 Å². The van der Waals surface area contributed by atoms with Gasteiger partial charge in [0.05, 0.1) is 5.52 Å². The number of para-hydroxylation sites is 1. The number of benzene rings is 2. The maximum absolute atomic E-state index is 12.3. The van der Waals surface area contributed by atoms with Crippen LogP contribution in [0.5, 0.6) is 0 Å². The highest BCUT2D eigenvalue weighted by Gasteiger charge is 2.09. The van der Waals surface area contributed by atoms with E-state index in [1.54, 1.807) is 6.07 Å². The van der Waals surface area contributed by atoms with Crippen LogP contribution >= 0.6 is 0 Å². The Hall–Kier alpha value is -2.59. The predicted octanol–water partition coefficient (Wildman–Crippen LogP) is 4.45. The average molecular weight is 364 g/mol. The molecule has 0 radical (unpaired) electrons. The summed E-state index contributed by atoms with van der Waals surface area (Å²) in [5.41, 5.74) is 3.53. The summed E-state index contributed by atoms with van der Waals surface area (Å²) in [6.07, 6.45) is 2.29. The molecule has 1 unspecified atom stereocenters. The summed E-state index contributed by atoms with van der Waals surface area (Å²) in [5, 5.41) is 7.73. The van der Waals surface area contributed by atoms with Crippen LogP contribution in [-0.4, -0.2) is 18.1 Å². The molecule has 0 amide bonds. The number of aromatic amines is 1. The van der Waals surface area contributed by atoms with Crippen LogP contribution in [0.1, 0.15) is 30.9 Å². The molecule has 3 aromatic rings. The summed E-state index contributed by atoms with van der Waals surface area (Å²) < 4.78 is 0. The Morgan fingerprint density at radius 1 is 1.04 bits per heavy atom. The van der Waals surface area contributed by atoms with Crippen LogP contribution in [0.25, 0.3) is 10.9 Å². The minimum absolute atomic E-state index is 0.0523. The van der Waals surface area contributed by atoms with Crippen LogP contribution in [0.15, 0.2) is 59.4 Å². The summed E-state index contributed by atoms with van der Waals surface area (Å²) in [7, 11) is 0. The number of pyridine rings is 1. The molecule has 142 valence electrons. The van der Waals surface area contributed by atoms with Gasteiger partial charge in [-0.05, 0) is 43.5 Å². The maximum Gasteiger partial charge on any atom is 0.191 e. The zero-order valence-corrected chi connectivity index (χ0v) is 16.2. The molecule has 3 N–H and O–H groups in total. The van der Waals surface area contributed by atoms with Crippen molar-refractivity contribution < 1.29 is 0 Å². The summed E-state index contributed by atoms with van der Waals surface area (Å²) in [5.74, 6) is 1.30. The van der Waals surface area contributed by atoms with Gasteiger partial charge in [-0.25, -0.2) is 0 Å². The Bertz CT molecular complexity index is 932. The molecule has 0 aliphatic carbocycles. The van der Waals surface area contributed by atoms with E-state index in [-0.39, 0.29) is 5.43 Å². The molecule has 0 fully saturated rings. The van der Waals surface area contributed by atoms with Gasteiger partial charge in [-0.15, -0.1) is 0 Å². The van der Waals surface area contributed by atoms with Crippen molar-refractivity contribution in [2.45, 2.75) is 33.2 Å². The second-order valence-corrected chi connectivity index (χ2v) is 7.25. The van der Waals surface area contributed by atoms with E-state index in [4.69, 9.17) is 0 Å². The van der Waals surface area contributed by atoms with Crippen molar-refractivity contribution in [2.75, 3.05) is 18.4 Å². The van der Waals surface area contributed by atoms with Crippen molar-refractivity contribution in [1.82, 2.24) is 10.3 Å². The number of nitrogens with one attached hydrogen (secondary N) is 3. The summed E-state index contributed by atoms with van der Waals surface area (Å²) in [6.45, 7) is 7.01. The smallest absolute Gasteiger partial charge is 0.191 e. The van der Waals surface area contributed by atoms with E-state index < -0.39 is 0 Å². The highest BCUT2D eigenvalue weighted by molar-refractivity contribution is 5.79. The molecule has 1 atom stereocenters. The fraction of sp³-hybridized carbons (Fsp3) is 0.348. The first kappa shape index (κ1) is 19.2. The van der Waals surface area contributed by atoms with Gasteiger partial charge in [0.15, 0.2) is 5.43 Å². The molecule has 1 aromatic heterocycles. The zero-order chi connectivity index (χ0) is 19.1. The second-order valence-electron chi connectivity index (χ2n) is 7.25. The molecule has 4 nitrogen and oxygen atoms in total. The maximum atomic E-state index is 12.3. The molecule has 4 heteroatoms. The lowest BCUT2D eigenvalue weighted by Gasteiger charge is -2.18. The second kappa shape index (κ2) is 9.38. The zero-order valence-electron chi connectivity index (χ0n) is 16.2. The van der Waals surface area contributed by atoms with Gasteiger partial charge in [0, 0.05) is 24.5 Å². The van der Waals surface area contributed by atoms with E-state index in [0.29, 0.717) is 5.92 Å². The number of anilines is 1. The standard InChI is InChI=1S/C23H29N3O/c1-3-7-19(15-24-14-18-9-6-8-17(2)12-18)16-25-23-13-22(27)20-10-4-5-11-21(20)26-23/h4-6,8-13,19,24H,3,7,14-16H2,1-2H3,(H2,25,26,27). The van der Waals surface area contributed by atoms with E-state index >= 15 is 0 Å². The summed E-state index contributed by atoms with van der Waals surface area (Å²) in [6, 6.07) is 17.9. The van der Waals surface area contributed by atoms with Gasteiger partial charge in [0.2, 0.25) is 0 Å². The Kier molecular flexibility index (Phi) is 6.66. The van der Waals surface area contributed by atoms with E-state index in [9.17, 15) is 4.79 Å². The molecular weight excluding hydrogens is 334 g/mol. The third kappa shape index (κ3) is 5.44. The molecule has 0 spiro atoms. The molecule has 27 heavy (non-hydrogen) atoms. The molecule has 3 rings (SSSR count). The Morgan fingerprint density at radius 3 is 2.70 bits per heavy atom. The van der Waals surface area contributed by atoms with E-state index in [2.05, 4.69) is 53.7 Å². The van der Waals surface area contributed by atoms with Gasteiger partial charge in [-0.1, -0.05) is 55.3 Å². The lowest BCUT2D eigenvalue weighted by atomic mass is 10.0. The number of H-pyrrole nitrogens is 1. The van der Waals surface area contributed by atoms with Crippen molar-refractivity contribution in [1.29, 1.82) is 0 Å². The normalized spacial score (nSPS) is 12.2. The van der Waals surface area contributed by atoms with Crippen molar-refractivity contribution >= 4 is 16.7 Å². The van der Waals surface area contributed by atoms with Crippen molar-refractivity contribution in [3.63, 3.8) is 0 Å². The molecule has 1 heterocycles. The third-order valence-corrected chi connectivity index (χ3v) is 4.86. The Balaban J connectivity index is 1.57. The van der Waals surface area contributed by atoms with Crippen LogP contribution in [0.3, 0.4) is 0 Å². The first-order valence-electron chi connectivity index (χ1n) is 9.78. The van der Waals surface area contributed by atoms with E-state index in [1.807, 2.05) is 24.3 Å². The highest BCUT2D eigenvalue weighted by atomic mass is 16.1. The molecule has 0 saturated heterocycles. The van der Waals surface area contributed by atoms with Crippen LogP contribution in [0, 0.1) is 12.8 Å². The van der Waals surface area contributed by atoms with Crippen molar-refractivity contribution in [3.05, 3.63) is 75.9 Å². The monoisotopic (exact) mass is 363 g/mol. The molecule has 0 aliphatic heterocycles. The molecular formula is C23H29N3O. The molecule has 0 aliphatic rings. The number of hydrogen-bond acceptors (Lipinski definition) is 3. The highest BCUT2D eigenvalue weighted by Crippen LogP contribution is 2.12. The first-order valence-corrected chi connectivity index (χ1v) is 9.78. The lowest BCUT2D eigenvalue weighted by molar-refractivity contribution is 0.459. The first-order chi connectivity index (χ1) is 13.2. The third-order valence-electron chi connectivity index (χ3n) is 4.86. The number of aromatic nitrogens is 1. The number of rotatable bonds is 9. The average Bonchev–Trinajstić information content (AvgIpc) is 2.66. The number of hydrogen-bond donors (Lipinski definition) is 3. The van der Waals surface area contributed by atoms with Crippen molar-refractivity contribution in [3.8, 4) is 0 Å². The van der Waals surface area contributed by atoms with Gasteiger partial charge >= 0.3 is 0 Å². The van der Waals surface area contributed by atoms with Gasteiger partial charge in [-0.2, -0.15) is 0 Å². The SMILES string of the molecule is CCCC(CNCc1cccc(C)c1)CNc1cc(=O)c2ccccc2[nH]1. The van der Waals surface area contributed by atoms with Crippen LogP contribution in [-0.2, 0) is 6.54 Å². The van der Waals surface area contributed by atoms with Gasteiger partial charge < -0.3 is 15.6 Å². The quantitative estimate of drug-likeness (QED) is 0.526. The summed E-state index contributed by atoms with van der Waals surface area (Å²) in [4.78, 5) is 15.6. The molecule has 0 bridgehead atoms. The minimum atomic E-state index is 0.0523. The van der Waals surface area contributed by atoms with E-state index in [1.165, 1.54) is 11.1 Å². The van der Waals surface area contributed by atoms with Crippen LogP contribution in [0.4, 0.5) is 5.82 Å². The van der Waals surface area contributed by atoms with Gasteiger partial charge in [0.25, 0.3) is 0 Å². The lowest BCUT2D eigenvalue weighted by Crippen LogP contribution is -2.28. The topological polar surface area (TPSA) is 56.9 Å². The largest absolute Gasteiger partial charge is 0.371 e. The fourth-order valence-electron chi connectivity index (χ4n) is 3.47. The Morgan fingerprint density at radius 2 is 1.89 bits per heavy atom. The Labute approximate surface area is 161 Å². The summed E-state index contributed by atoms with van der Waals surface area (Å²) >= 11 is 0. The van der Waals surface area contributed by atoms with Crippen LogP contribution < -0.4 is 16.1 Å². The number of aryl methyl sites for hydroxylation is 1. The number of fused-ring (bicyclic) bond motifs is 1. The van der Waals surface area contributed by atoms with E-state index in [0.717, 1.165) is 49.2 Å². The fourth-order valence-corrected chi connectivity index (χ4v) is 3.47. The van der Waals surface area contributed by atoms with Gasteiger partial charge in [-0.3, -0.25) is 4.79 Å². The predicted molar refractivity (Wildman–Crippen MR) is 114 cm³/mol. The molecule has 2 aromatic carbocycles. The van der Waals surface area contributed by atoms with Crippen LogP contribution in [0.2, 0.25) is 0 Å². The molecule has 0 saturated carbocycles. The van der Waals surface area contributed by atoms with Gasteiger partial charge in [0.1, 0.15) is 5.82 Å². The minimum Gasteiger partial charge on any atom is -0.371 e.